The van der Waals surface area contributed by atoms with Gasteiger partial charge in [0.1, 0.15) is 12.1 Å². The van der Waals surface area contributed by atoms with Gasteiger partial charge in [-0.25, -0.2) is 0 Å². The van der Waals surface area contributed by atoms with Gasteiger partial charge in [0, 0.05) is 31.0 Å². The highest BCUT2D eigenvalue weighted by Gasteiger charge is 2.23. The van der Waals surface area contributed by atoms with Gasteiger partial charge in [0.25, 0.3) is 0 Å². The summed E-state index contributed by atoms with van der Waals surface area (Å²) >= 11 is 3.55. The van der Waals surface area contributed by atoms with Crippen LogP contribution in [0.2, 0.25) is 0 Å². The van der Waals surface area contributed by atoms with E-state index < -0.39 is 0 Å². The molecule has 2 aromatic heterocycles. The molecule has 1 aliphatic rings. The molecule has 0 radical (unpaired) electrons. The number of aromatic nitrogens is 5. The lowest BCUT2D eigenvalue weighted by atomic mass is 10.2. The number of anilines is 1. The summed E-state index contributed by atoms with van der Waals surface area (Å²) in [6, 6.07) is 0. The summed E-state index contributed by atoms with van der Waals surface area (Å²) in [5.74, 6) is 2.19. The summed E-state index contributed by atoms with van der Waals surface area (Å²) in [5, 5.41) is 13.4. The van der Waals surface area contributed by atoms with Gasteiger partial charge in [-0.1, -0.05) is 15.9 Å². The van der Waals surface area contributed by atoms with Crippen LogP contribution in [0.1, 0.15) is 17.1 Å². The molecule has 3 rings (SSSR count). The van der Waals surface area contributed by atoms with E-state index in [1.165, 1.54) is 11.4 Å². The zero-order chi connectivity index (χ0) is 12.7. The van der Waals surface area contributed by atoms with Gasteiger partial charge in [0.05, 0.1) is 12.2 Å². The molecule has 0 amide bonds. The molecule has 18 heavy (non-hydrogen) atoms. The van der Waals surface area contributed by atoms with Crippen LogP contribution in [0.3, 0.4) is 0 Å². The van der Waals surface area contributed by atoms with Gasteiger partial charge in [0.15, 0.2) is 5.82 Å². The summed E-state index contributed by atoms with van der Waals surface area (Å²) in [6.07, 6.45) is 1.80. The molecule has 0 N–H and O–H groups in total. The molecule has 0 unspecified atom stereocenters. The summed E-state index contributed by atoms with van der Waals surface area (Å²) in [7, 11) is 1.99. The van der Waals surface area contributed by atoms with E-state index in [1.54, 1.807) is 6.33 Å². The van der Waals surface area contributed by atoms with Crippen molar-refractivity contribution in [2.45, 2.75) is 25.3 Å². The van der Waals surface area contributed by atoms with Crippen LogP contribution >= 0.6 is 15.9 Å². The minimum atomic E-state index is 0.791. The van der Waals surface area contributed by atoms with E-state index in [9.17, 15) is 0 Å². The van der Waals surface area contributed by atoms with Crippen molar-refractivity contribution < 1.29 is 0 Å². The van der Waals surface area contributed by atoms with Crippen molar-refractivity contribution in [3.8, 4) is 0 Å². The quantitative estimate of drug-likeness (QED) is 0.783. The Kier molecular flexibility index (Phi) is 2.85. The predicted octanol–water partition coefficient (Wildman–Crippen LogP) is 1.24. The number of fused-ring (bicyclic) bond motifs is 1. The van der Waals surface area contributed by atoms with Crippen LogP contribution in [-0.2, 0) is 25.5 Å². The number of hydrogen-bond donors (Lipinski definition) is 0. The van der Waals surface area contributed by atoms with Crippen molar-refractivity contribution in [2.75, 3.05) is 11.4 Å². The zero-order valence-corrected chi connectivity index (χ0v) is 12.1. The lowest BCUT2D eigenvalue weighted by Crippen LogP contribution is -2.35. The van der Waals surface area contributed by atoms with Crippen LogP contribution in [0.4, 0.5) is 5.82 Å². The Balaban J connectivity index is 1.97. The monoisotopic (exact) mass is 310 g/mol. The number of halogens is 1. The van der Waals surface area contributed by atoms with Crippen LogP contribution in [0.5, 0.6) is 0 Å². The predicted molar refractivity (Wildman–Crippen MR) is 71.6 cm³/mol. The number of alkyl halides is 1. The van der Waals surface area contributed by atoms with E-state index in [4.69, 9.17) is 0 Å². The molecule has 6 nitrogen and oxygen atoms in total. The third-order valence-electron chi connectivity index (χ3n) is 3.39. The normalized spacial score (nSPS) is 14.9. The molecule has 0 saturated carbocycles. The minimum absolute atomic E-state index is 0.791. The highest BCUT2D eigenvalue weighted by atomic mass is 79.9. The highest BCUT2D eigenvalue weighted by Crippen LogP contribution is 2.27. The lowest BCUT2D eigenvalue weighted by Gasteiger charge is -2.29. The zero-order valence-electron chi connectivity index (χ0n) is 10.5. The van der Waals surface area contributed by atoms with E-state index >= 15 is 0 Å². The Morgan fingerprint density at radius 2 is 2.22 bits per heavy atom. The second kappa shape index (κ2) is 4.38. The molecule has 96 valence electrons. The molecule has 0 bridgehead atoms. The number of aryl methyl sites for hydroxylation is 2. The SMILES string of the molecule is Cc1nn(C)c(N2CCn3cnnc3C2)c1CBr. The van der Waals surface area contributed by atoms with Crippen LogP contribution < -0.4 is 4.90 Å². The van der Waals surface area contributed by atoms with Crippen molar-refractivity contribution in [2.24, 2.45) is 7.05 Å². The molecule has 2 aromatic rings. The van der Waals surface area contributed by atoms with Crippen molar-refractivity contribution in [1.29, 1.82) is 0 Å². The molecule has 3 heterocycles. The summed E-state index contributed by atoms with van der Waals surface area (Å²) < 4.78 is 4.06. The van der Waals surface area contributed by atoms with E-state index in [1.807, 2.05) is 18.7 Å². The summed E-state index contributed by atoms with van der Waals surface area (Å²) in [5.41, 5.74) is 2.34. The largest absolute Gasteiger partial charge is 0.347 e. The first-order valence-corrected chi connectivity index (χ1v) is 7.03. The van der Waals surface area contributed by atoms with Gasteiger partial charge in [-0.05, 0) is 6.92 Å². The molecule has 0 aliphatic carbocycles. The molecule has 1 aliphatic heterocycles. The Hall–Kier alpha value is -1.37. The van der Waals surface area contributed by atoms with E-state index in [-0.39, 0.29) is 0 Å². The molecule has 0 aromatic carbocycles. The van der Waals surface area contributed by atoms with Crippen LogP contribution in [0.15, 0.2) is 6.33 Å². The minimum Gasteiger partial charge on any atom is -0.347 e. The van der Waals surface area contributed by atoms with E-state index in [0.29, 0.717) is 0 Å². The Labute approximate surface area is 114 Å². The second-order valence-electron chi connectivity index (χ2n) is 4.51. The maximum atomic E-state index is 4.50. The second-order valence-corrected chi connectivity index (χ2v) is 5.07. The average molecular weight is 311 g/mol. The molecule has 0 fully saturated rings. The molecule has 0 saturated heterocycles. The maximum absolute atomic E-state index is 4.50. The Morgan fingerprint density at radius 3 is 3.00 bits per heavy atom. The fraction of sp³-hybridized carbons (Fsp3) is 0.545. The number of hydrogen-bond acceptors (Lipinski definition) is 4. The van der Waals surface area contributed by atoms with Gasteiger partial charge in [-0.2, -0.15) is 5.10 Å². The topological polar surface area (TPSA) is 51.8 Å². The Bertz CT molecular complexity index is 572. The third kappa shape index (κ3) is 1.73. The van der Waals surface area contributed by atoms with Crippen LogP contribution in [-0.4, -0.2) is 31.1 Å². The maximum Gasteiger partial charge on any atom is 0.152 e. The molecule has 0 atom stereocenters. The highest BCUT2D eigenvalue weighted by molar-refractivity contribution is 9.08. The van der Waals surface area contributed by atoms with Crippen molar-refractivity contribution >= 4 is 21.7 Å². The van der Waals surface area contributed by atoms with Gasteiger partial charge in [-0.15, -0.1) is 10.2 Å². The smallest absolute Gasteiger partial charge is 0.152 e. The van der Waals surface area contributed by atoms with E-state index in [0.717, 1.165) is 36.5 Å². The standard InChI is InChI=1S/C11H15BrN6/c1-8-9(5-12)11(16(2)15-8)17-3-4-18-7-13-14-10(18)6-17/h7H,3-6H2,1-2H3. The number of rotatable bonds is 2. The fourth-order valence-corrected chi connectivity index (χ4v) is 3.15. The first-order chi connectivity index (χ1) is 8.70. The third-order valence-corrected chi connectivity index (χ3v) is 3.95. The van der Waals surface area contributed by atoms with Gasteiger partial charge < -0.3 is 9.47 Å². The van der Waals surface area contributed by atoms with Crippen LogP contribution in [0.25, 0.3) is 0 Å². The first kappa shape index (κ1) is 11.7. The molecular weight excluding hydrogens is 296 g/mol. The van der Waals surface area contributed by atoms with Crippen molar-refractivity contribution in [3.63, 3.8) is 0 Å². The van der Waals surface area contributed by atoms with E-state index in [2.05, 4.69) is 40.7 Å². The van der Waals surface area contributed by atoms with Crippen molar-refractivity contribution in [1.82, 2.24) is 24.5 Å². The molecular formula is C11H15BrN6. The number of nitrogens with zero attached hydrogens (tertiary/aromatic N) is 6. The summed E-state index contributed by atoms with van der Waals surface area (Å²) in [4.78, 5) is 2.32. The first-order valence-electron chi connectivity index (χ1n) is 5.90. The Morgan fingerprint density at radius 1 is 1.39 bits per heavy atom. The molecule has 0 spiro atoms. The van der Waals surface area contributed by atoms with Gasteiger partial charge >= 0.3 is 0 Å². The van der Waals surface area contributed by atoms with Crippen molar-refractivity contribution in [3.05, 3.63) is 23.4 Å². The van der Waals surface area contributed by atoms with Crippen LogP contribution in [0, 0.1) is 6.92 Å². The van der Waals surface area contributed by atoms with Gasteiger partial charge in [-0.3, -0.25) is 4.68 Å². The van der Waals surface area contributed by atoms with Gasteiger partial charge in [0.2, 0.25) is 0 Å². The average Bonchev–Trinajstić information content (AvgIpc) is 2.91. The molecule has 7 heteroatoms. The lowest BCUT2D eigenvalue weighted by molar-refractivity contribution is 0.545. The summed E-state index contributed by atoms with van der Waals surface area (Å²) in [6.45, 7) is 4.73. The fourth-order valence-electron chi connectivity index (χ4n) is 2.49.